The van der Waals surface area contributed by atoms with Gasteiger partial charge in [0.25, 0.3) is 5.91 Å². The molecule has 1 saturated heterocycles. The van der Waals surface area contributed by atoms with Crippen LogP contribution in [0.3, 0.4) is 0 Å². The van der Waals surface area contributed by atoms with Crippen LogP contribution >= 0.6 is 0 Å². The van der Waals surface area contributed by atoms with E-state index in [0.717, 1.165) is 12.1 Å². The average Bonchev–Trinajstić information content (AvgIpc) is 2.81. The lowest BCUT2D eigenvalue weighted by atomic mass is 10.0. The molecule has 0 bridgehead atoms. The van der Waals surface area contributed by atoms with Crippen molar-refractivity contribution in [2.45, 2.75) is 6.42 Å². The Bertz CT molecular complexity index is 606. The van der Waals surface area contributed by atoms with Crippen molar-refractivity contribution in [3.8, 4) is 0 Å². The lowest BCUT2D eigenvalue weighted by Crippen LogP contribution is -2.36. The van der Waals surface area contributed by atoms with Gasteiger partial charge < -0.3 is 9.64 Å². The van der Waals surface area contributed by atoms with Crippen molar-refractivity contribution >= 4 is 5.91 Å². The first-order valence-corrected chi connectivity index (χ1v) is 7.35. The molecule has 2 aromatic heterocycles. The van der Waals surface area contributed by atoms with Gasteiger partial charge in [-0.1, -0.05) is 0 Å². The molecule has 1 amide bonds. The third kappa shape index (κ3) is 3.65. The van der Waals surface area contributed by atoms with Crippen LogP contribution in [0.4, 0.5) is 0 Å². The summed E-state index contributed by atoms with van der Waals surface area (Å²) in [5.41, 5.74) is 1.59. The molecular weight excluding hydrogens is 280 g/mol. The first-order valence-electron chi connectivity index (χ1n) is 7.35. The molecule has 3 heterocycles. The van der Waals surface area contributed by atoms with Gasteiger partial charge in [-0.15, -0.1) is 0 Å². The standard InChI is InChI=1S/C16H18N4O2/c21-16(14-1-3-17-4-2-14)20-7-8-22-12-13(11-20)9-15-10-18-5-6-19-15/h1-6,10,13H,7-9,11-12H2/t13-/m1/s1. The molecule has 0 aromatic carbocycles. The van der Waals surface area contributed by atoms with E-state index in [4.69, 9.17) is 4.74 Å². The molecule has 6 nitrogen and oxygen atoms in total. The van der Waals surface area contributed by atoms with Crippen LogP contribution in [0, 0.1) is 5.92 Å². The van der Waals surface area contributed by atoms with E-state index < -0.39 is 0 Å². The van der Waals surface area contributed by atoms with Gasteiger partial charge in [-0.25, -0.2) is 0 Å². The number of ether oxygens (including phenoxy) is 1. The van der Waals surface area contributed by atoms with Crippen LogP contribution in [0.25, 0.3) is 0 Å². The number of rotatable bonds is 3. The largest absolute Gasteiger partial charge is 0.379 e. The predicted molar refractivity (Wildman–Crippen MR) is 80.2 cm³/mol. The summed E-state index contributed by atoms with van der Waals surface area (Å²) in [6.07, 6.45) is 9.14. The van der Waals surface area contributed by atoms with Gasteiger partial charge in [0.15, 0.2) is 0 Å². The number of carbonyl (C=O) groups is 1. The molecule has 0 aliphatic carbocycles. The third-order valence-electron chi connectivity index (χ3n) is 3.67. The van der Waals surface area contributed by atoms with Crippen molar-refractivity contribution in [1.29, 1.82) is 0 Å². The Morgan fingerprint density at radius 3 is 2.86 bits per heavy atom. The fourth-order valence-corrected chi connectivity index (χ4v) is 2.60. The Balaban J connectivity index is 1.69. The molecule has 0 radical (unpaired) electrons. The molecule has 0 unspecified atom stereocenters. The fourth-order valence-electron chi connectivity index (χ4n) is 2.60. The first kappa shape index (κ1) is 14.6. The molecule has 0 spiro atoms. The molecule has 1 aliphatic rings. The van der Waals surface area contributed by atoms with Crippen molar-refractivity contribution in [2.75, 3.05) is 26.3 Å². The second-order valence-corrected chi connectivity index (χ2v) is 5.33. The highest BCUT2D eigenvalue weighted by Gasteiger charge is 2.23. The van der Waals surface area contributed by atoms with Gasteiger partial charge in [-0.05, 0) is 18.6 Å². The number of aromatic nitrogens is 3. The van der Waals surface area contributed by atoms with Crippen molar-refractivity contribution in [1.82, 2.24) is 19.9 Å². The van der Waals surface area contributed by atoms with Gasteiger partial charge in [-0.3, -0.25) is 19.7 Å². The van der Waals surface area contributed by atoms with Gasteiger partial charge in [0, 0.05) is 55.6 Å². The quantitative estimate of drug-likeness (QED) is 0.852. The van der Waals surface area contributed by atoms with E-state index in [1.807, 2.05) is 4.90 Å². The monoisotopic (exact) mass is 298 g/mol. The van der Waals surface area contributed by atoms with Crippen LogP contribution in [0.15, 0.2) is 43.1 Å². The highest BCUT2D eigenvalue weighted by Crippen LogP contribution is 2.14. The topological polar surface area (TPSA) is 68.2 Å². The zero-order valence-electron chi connectivity index (χ0n) is 12.3. The molecule has 3 rings (SSSR count). The van der Waals surface area contributed by atoms with Crippen LogP contribution in [-0.2, 0) is 11.2 Å². The Labute approximate surface area is 129 Å². The van der Waals surface area contributed by atoms with E-state index in [2.05, 4.69) is 15.0 Å². The van der Waals surface area contributed by atoms with E-state index in [-0.39, 0.29) is 11.8 Å². The smallest absolute Gasteiger partial charge is 0.254 e. The minimum atomic E-state index is 0.0250. The summed E-state index contributed by atoms with van der Waals surface area (Å²) >= 11 is 0. The molecule has 22 heavy (non-hydrogen) atoms. The molecule has 114 valence electrons. The van der Waals surface area contributed by atoms with Crippen LogP contribution in [-0.4, -0.2) is 52.1 Å². The molecule has 1 aliphatic heterocycles. The summed E-state index contributed by atoms with van der Waals surface area (Å²) in [6.45, 7) is 2.47. The summed E-state index contributed by atoms with van der Waals surface area (Å²) in [7, 11) is 0. The van der Waals surface area contributed by atoms with E-state index in [9.17, 15) is 4.79 Å². The summed E-state index contributed by atoms with van der Waals surface area (Å²) < 4.78 is 5.64. The number of amides is 1. The van der Waals surface area contributed by atoms with Crippen molar-refractivity contribution < 1.29 is 9.53 Å². The zero-order chi connectivity index (χ0) is 15.2. The average molecular weight is 298 g/mol. The van der Waals surface area contributed by atoms with Gasteiger partial charge >= 0.3 is 0 Å². The highest BCUT2D eigenvalue weighted by molar-refractivity contribution is 5.94. The predicted octanol–water partition coefficient (Wildman–Crippen LogP) is 1.20. The lowest BCUT2D eigenvalue weighted by molar-refractivity contribution is 0.0737. The Morgan fingerprint density at radius 1 is 1.23 bits per heavy atom. The first-order chi connectivity index (χ1) is 10.8. The molecule has 2 aromatic rings. The van der Waals surface area contributed by atoms with E-state index in [1.54, 1.807) is 43.1 Å². The highest BCUT2D eigenvalue weighted by atomic mass is 16.5. The fraction of sp³-hybridized carbons (Fsp3) is 0.375. The maximum Gasteiger partial charge on any atom is 0.254 e. The van der Waals surface area contributed by atoms with Gasteiger partial charge in [0.05, 0.1) is 18.9 Å². The zero-order valence-corrected chi connectivity index (χ0v) is 12.3. The molecule has 1 atom stereocenters. The van der Waals surface area contributed by atoms with Crippen LogP contribution in [0.2, 0.25) is 0 Å². The number of hydrogen-bond donors (Lipinski definition) is 0. The number of pyridine rings is 1. The molecule has 0 N–H and O–H groups in total. The van der Waals surface area contributed by atoms with Gasteiger partial charge in [0.2, 0.25) is 0 Å². The third-order valence-corrected chi connectivity index (χ3v) is 3.67. The second-order valence-electron chi connectivity index (χ2n) is 5.33. The summed E-state index contributed by atoms with van der Waals surface area (Å²) in [4.78, 5) is 26.8. The summed E-state index contributed by atoms with van der Waals surface area (Å²) in [6, 6.07) is 3.48. The maximum absolute atomic E-state index is 12.6. The van der Waals surface area contributed by atoms with Crippen molar-refractivity contribution in [2.24, 2.45) is 5.92 Å². The van der Waals surface area contributed by atoms with Crippen molar-refractivity contribution in [3.05, 3.63) is 54.4 Å². The molecular formula is C16H18N4O2. The lowest BCUT2D eigenvalue weighted by Gasteiger charge is -2.23. The van der Waals surface area contributed by atoms with E-state index >= 15 is 0 Å². The van der Waals surface area contributed by atoms with Crippen LogP contribution in [0.1, 0.15) is 16.1 Å². The van der Waals surface area contributed by atoms with Crippen LogP contribution < -0.4 is 0 Å². The summed E-state index contributed by atoms with van der Waals surface area (Å²) in [5, 5.41) is 0. The number of carbonyl (C=O) groups excluding carboxylic acids is 1. The Hall–Kier alpha value is -2.34. The number of nitrogens with zero attached hydrogens (tertiary/aromatic N) is 4. The number of hydrogen-bond acceptors (Lipinski definition) is 5. The maximum atomic E-state index is 12.6. The van der Waals surface area contributed by atoms with Crippen LogP contribution in [0.5, 0.6) is 0 Å². The van der Waals surface area contributed by atoms with E-state index in [1.165, 1.54) is 0 Å². The Kier molecular flexibility index (Phi) is 4.70. The van der Waals surface area contributed by atoms with Gasteiger partial charge in [0.1, 0.15) is 0 Å². The second kappa shape index (κ2) is 7.09. The molecule has 6 heteroatoms. The minimum absolute atomic E-state index is 0.0250. The van der Waals surface area contributed by atoms with Crippen molar-refractivity contribution in [3.63, 3.8) is 0 Å². The van der Waals surface area contributed by atoms with Gasteiger partial charge in [-0.2, -0.15) is 0 Å². The van der Waals surface area contributed by atoms with E-state index in [0.29, 0.717) is 31.9 Å². The normalized spacial score (nSPS) is 18.7. The Morgan fingerprint density at radius 2 is 2.09 bits per heavy atom. The summed E-state index contributed by atoms with van der Waals surface area (Å²) in [5.74, 6) is 0.252. The minimum Gasteiger partial charge on any atom is -0.379 e. The molecule has 0 saturated carbocycles. The SMILES string of the molecule is O=C(c1ccncc1)N1CCOC[C@H](Cc2cnccn2)C1. The molecule has 1 fully saturated rings.